The summed E-state index contributed by atoms with van der Waals surface area (Å²) in [4.78, 5) is 9.98. The molecule has 1 saturated carbocycles. The molecular weight excluding hydrogens is 284 g/mol. The molecule has 0 heterocycles. The van der Waals surface area contributed by atoms with Crippen LogP contribution in [-0.2, 0) is 15.8 Å². The summed E-state index contributed by atoms with van der Waals surface area (Å²) in [5.74, 6) is -0.257. The number of hydrogen-bond acceptors (Lipinski definition) is 5. The maximum Gasteiger partial charge on any atom is 0.269 e. The Balaban J connectivity index is 2.06. The normalized spacial score (nSPS) is 17.4. The summed E-state index contributed by atoms with van der Waals surface area (Å²) < 4.78 is 26.6. The molecule has 1 aromatic rings. The summed E-state index contributed by atoms with van der Waals surface area (Å²) in [7, 11) is -3.58. The average molecular weight is 300 g/mol. The fraction of sp³-hybridized carbons (Fsp3) is 0.500. The minimum Gasteiger partial charge on any atom is -0.394 e. The van der Waals surface area contributed by atoms with Gasteiger partial charge in [-0.15, -0.1) is 0 Å². The Labute approximate surface area is 116 Å². The molecule has 8 heteroatoms. The second kappa shape index (κ2) is 5.47. The van der Waals surface area contributed by atoms with Gasteiger partial charge in [-0.25, -0.2) is 13.1 Å². The molecule has 0 radical (unpaired) electrons. The largest absolute Gasteiger partial charge is 0.394 e. The van der Waals surface area contributed by atoms with Gasteiger partial charge in [-0.2, -0.15) is 0 Å². The lowest BCUT2D eigenvalue weighted by Crippen LogP contribution is -2.56. The van der Waals surface area contributed by atoms with Crippen LogP contribution in [0.5, 0.6) is 0 Å². The van der Waals surface area contributed by atoms with Crippen LogP contribution in [0.4, 0.5) is 5.69 Å². The highest BCUT2D eigenvalue weighted by molar-refractivity contribution is 7.88. The van der Waals surface area contributed by atoms with Gasteiger partial charge in [-0.1, -0.05) is 12.1 Å². The first kappa shape index (κ1) is 14.9. The number of aliphatic hydroxyl groups excluding tert-OH is 1. The number of aliphatic hydroxyl groups is 1. The van der Waals surface area contributed by atoms with E-state index in [1.807, 2.05) is 0 Å². The third-order valence-electron chi connectivity index (χ3n) is 3.49. The van der Waals surface area contributed by atoms with Crippen molar-refractivity contribution in [1.82, 2.24) is 4.72 Å². The van der Waals surface area contributed by atoms with E-state index < -0.39 is 20.5 Å². The molecule has 0 aliphatic heterocycles. The Morgan fingerprint density at radius 1 is 1.30 bits per heavy atom. The fourth-order valence-corrected chi connectivity index (χ4v) is 3.83. The zero-order valence-corrected chi connectivity index (χ0v) is 11.6. The van der Waals surface area contributed by atoms with Crippen molar-refractivity contribution in [3.05, 3.63) is 39.9 Å². The molecule has 2 N–H and O–H groups in total. The minimum absolute atomic E-state index is 0.0788. The van der Waals surface area contributed by atoms with Gasteiger partial charge < -0.3 is 5.11 Å². The number of nitro groups is 1. The van der Waals surface area contributed by atoms with Crippen LogP contribution < -0.4 is 4.72 Å². The molecule has 1 aliphatic carbocycles. The Morgan fingerprint density at radius 2 is 1.90 bits per heavy atom. The van der Waals surface area contributed by atoms with Crippen molar-refractivity contribution in [3.63, 3.8) is 0 Å². The van der Waals surface area contributed by atoms with Gasteiger partial charge in [0.25, 0.3) is 5.69 Å². The van der Waals surface area contributed by atoms with Crippen molar-refractivity contribution >= 4 is 15.7 Å². The number of non-ortho nitro benzene ring substituents is 1. The number of nitrogens with one attached hydrogen (secondary N) is 1. The van der Waals surface area contributed by atoms with Crippen LogP contribution in [0.3, 0.4) is 0 Å². The Hall–Kier alpha value is -1.51. The van der Waals surface area contributed by atoms with Crippen LogP contribution in [0, 0.1) is 10.1 Å². The monoisotopic (exact) mass is 300 g/mol. The highest BCUT2D eigenvalue weighted by atomic mass is 32.2. The van der Waals surface area contributed by atoms with E-state index in [2.05, 4.69) is 4.72 Å². The topological polar surface area (TPSA) is 110 Å². The molecule has 0 bridgehead atoms. The number of hydrogen-bond donors (Lipinski definition) is 2. The van der Waals surface area contributed by atoms with Crippen molar-refractivity contribution in [3.8, 4) is 0 Å². The number of rotatable bonds is 6. The molecule has 1 aromatic carbocycles. The van der Waals surface area contributed by atoms with E-state index in [0.29, 0.717) is 18.4 Å². The lowest BCUT2D eigenvalue weighted by atomic mass is 9.78. The van der Waals surface area contributed by atoms with E-state index in [-0.39, 0.29) is 18.0 Å². The molecular formula is C12H16N2O5S. The molecule has 0 saturated heterocycles. The summed E-state index contributed by atoms with van der Waals surface area (Å²) in [6, 6.07) is 5.39. The Kier molecular flexibility index (Phi) is 4.07. The highest BCUT2D eigenvalue weighted by Gasteiger charge is 2.39. The smallest absolute Gasteiger partial charge is 0.269 e. The number of nitrogens with zero attached hydrogens (tertiary/aromatic N) is 1. The zero-order chi connectivity index (χ0) is 14.8. The molecule has 0 spiro atoms. The summed E-state index contributed by atoms with van der Waals surface area (Å²) in [5, 5.41) is 19.8. The summed E-state index contributed by atoms with van der Waals surface area (Å²) in [6.07, 6.45) is 2.15. The molecule has 7 nitrogen and oxygen atoms in total. The molecule has 110 valence electrons. The quantitative estimate of drug-likeness (QED) is 0.600. The summed E-state index contributed by atoms with van der Waals surface area (Å²) in [6.45, 7) is -0.216. The van der Waals surface area contributed by atoms with Gasteiger partial charge in [-0.05, 0) is 24.8 Å². The fourth-order valence-electron chi connectivity index (χ4n) is 2.20. The second-order valence-electron chi connectivity index (χ2n) is 5.08. The van der Waals surface area contributed by atoms with E-state index in [9.17, 15) is 23.6 Å². The van der Waals surface area contributed by atoms with Crippen molar-refractivity contribution in [2.45, 2.75) is 30.6 Å². The summed E-state index contributed by atoms with van der Waals surface area (Å²) >= 11 is 0. The minimum atomic E-state index is -3.58. The maximum atomic E-state index is 12.0. The highest BCUT2D eigenvalue weighted by Crippen LogP contribution is 2.32. The van der Waals surface area contributed by atoms with Crippen molar-refractivity contribution < 1.29 is 18.4 Å². The molecule has 20 heavy (non-hydrogen) atoms. The SMILES string of the molecule is O=[N+]([O-])c1ccc(CS(=O)(=O)NC2(CO)CCC2)cc1. The first-order chi connectivity index (χ1) is 9.36. The average Bonchev–Trinajstić information content (AvgIpc) is 2.34. The molecule has 0 aromatic heterocycles. The predicted octanol–water partition coefficient (Wildman–Crippen LogP) is 0.929. The van der Waals surface area contributed by atoms with Gasteiger partial charge in [0.1, 0.15) is 0 Å². The molecule has 0 unspecified atom stereocenters. The van der Waals surface area contributed by atoms with E-state index in [1.165, 1.54) is 24.3 Å². The van der Waals surface area contributed by atoms with Crippen LogP contribution in [0.2, 0.25) is 0 Å². The lowest BCUT2D eigenvalue weighted by Gasteiger charge is -2.40. The predicted molar refractivity (Wildman–Crippen MR) is 72.5 cm³/mol. The van der Waals surface area contributed by atoms with Gasteiger partial charge in [0.15, 0.2) is 0 Å². The van der Waals surface area contributed by atoms with Gasteiger partial charge in [-0.3, -0.25) is 10.1 Å². The molecule has 1 aliphatic rings. The Bertz CT molecular complexity index is 587. The van der Waals surface area contributed by atoms with E-state index in [4.69, 9.17) is 0 Å². The number of sulfonamides is 1. The van der Waals surface area contributed by atoms with Gasteiger partial charge in [0.05, 0.1) is 22.8 Å². The van der Waals surface area contributed by atoms with Crippen molar-refractivity contribution in [2.24, 2.45) is 0 Å². The van der Waals surface area contributed by atoms with Crippen LogP contribution >= 0.6 is 0 Å². The van der Waals surface area contributed by atoms with E-state index in [1.54, 1.807) is 0 Å². The van der Waals surface area contributed by atoms with Crippen LogP contribution in [0.1, 0.15) is 24.8 Å². The van der Waals surface area contributed by atoms with Gasteiger partial charge in [0.2, 0.25) is 10.0 Å². The standard InChI is InChI=1S/C12H16N2O5S/c15-9-12(6-1-7-12)13-20(18,19)8-10-2-4-11(5-3-10)14(16)17/h2-5,13,15H,1,6-9H2. The molecule has 0 amide bonds. The maximum absolute atomic E-state index is 12.0. The van der Waals surface area contributed by atoms with Gasteiger partial charge >= 0.3 is 0 Å². The van der Waals surface area contributed by atoms with Gasteiger partial charge in [0, 0.05) is 12.1 Å². The second-order valence-corrected chi connectivity index (χ2v) is 6.80. The number of nitro benzene ring substituents is 1. The van der Waals surface area contributed by atoms with Crippen molar-refractivity contribution in [2.75, 3.05) is 6.61 Å². The lowest BCUT2D eigenvalue weighted by molar-refractivity contribution is -0.384. The molecule has 2 rings (SSSR count). The summed E-state index contributed by atoms with van der Waals surface area (Å²) in [5.41, 5.74) is -0.333. The van der Waals surface area contributed by atoms with Crippen LogP contribution in [0.15, 0.2) is 24.3 Å². The number of benzene rings is 1. The zero-order valence-electron chi connectivity index (χ0n) is 10.8. The Morgan fingerprint density at radius 3 is 2.30 bits per heavy atom. The van der Waals surface area contributed by atoms with Crippen LogP contribution in [-0.4, -0.2) is 30.6 Å². The molecule has 1 fully saturated rings. The third kappa shape index (κ3) is 3.33. The third-order valence-corrected chi connectivity index (χ3v) is 4.95. The van der Waals surface area contributed by atoms with Crippen LogP contribution in [0.25, 0.3) is 0 Å². The van der Waals surface area contributed by atoms with E-state index in [0.717, 1.165) is 6.42 Å². The first-order valence-corrected chi connectivity index (χ1v) is 7.87. The molecule has 0 atom stereocenters. The van der Waals surface area contributed by atoms with Crippen molar-refractivity contribution in [1.29, 1.82) is 0 Å². The first-order valence-electron chi connectivity index (χ1n) is 6.22. The van der Waals surface area contributed by atoms with E-state index >= 15 is 0 Å².